The smallest absolute Gasteiger partial charge is 0.303 e. The lowest BCUT2D eigenvalue weighted by Crippen LogP contribution is -2.41. The second-order valence-corrected chi connectivity index (χ2v) is 7.09. The summed E-state index contributed by atoms with van der Waals surface area (Å²) < 4.78 is 33.4. The summed E-state index contributed by atoms with van der Waals surface area (Å²) in [7, 11) is -0.719. The number of hydrogen-bond donors (Lipinski definition) is 1. The highest BCUT2D eigenvalue weighted by Crippen LogP contribution is 2.24. The summed E-state index contributed by atoms with van der Waals surface area (Å²) in [6.45, 7) is 0. The van der Waals surface area contributed by atoms with Crippen molar-refractivity contribution in [2.24, 2.45) is 0 Å². The third-order valence-corrected chi connectivity index (χ3v) is 5.26. The van der Waals surface area contributed by atoms with Gasteiger partial charge in [-0.2, -0.15) is 17.7 Å². The number of ether oxygens (including phenoxy) is 1. The van der Waals surface area contributed by atoms with Crippen molar-refractivity contribution >= 4 is 27.8 Å². The molecule has 0 spiro atoms. The van der Waals surface area contributed by atoms with Crippen LogP contribution in [0.1, 0.15) is 32.1 Å². The van der Waals surface area contributed by atoms with Crippen LogP contribution in [-0.4, -0.2) is 42.9 Å². The minimum Gasteiger partial charge on any atom is -0.481 e. The van der Waals surface area contributed by atoms with E-state index < -0.39 is 10.2 Å². The molecule has 1 aromatic rings. The lowest BCUT2D eigenvalue weighted by Gasteiger charge is -2.30. The molecule has 0 radical (unpaired) electrons. The first-order valence-corrected chi connectivity index (χ1v) is 8.58. The maximum Gasteiger partial charge on any atom is 0.303 e. The molecule has 21 heavy (non-hydrogen) atoms. The van der Waals surface area contributed by atoms with Crippen molar-refractivity contribution in [1.29, 1.82) is 0 Å². The van der Waals surface area contributed by atoms with Gasteiger partial charge in [0.2, 0.25) is 11.8 Å². The van der Waals surface area contributed by atoms with Crippen molar-refractivity contribution in [2.75, 3.05) is 18.9 Å². The average Bonchev–Trinajstić information content (AvgIpc) is 2.46. The van der Waals surface area contributed by atoms with Gasteiger partial charge in [-0.1, -0.05) is 30.9 Å². The van der Waals surface area contributed by atoms with Crippen LogP contribution in [0.15, 0.2) is 6.07 Å². The first kappa shape index (κ1) is 16.3. The van der Waals surface area contributed by atoms with Gasteiger partial charge >= 0.3 is 10.2 Å². The van der Waals surface area contributed by atoms with Crippen LogP contribution in [0.5, 0.6) is 5.88 Å². The molecule has 1 N–H and O–H groups in total. The van der Waals surface area contributed by atoms with Gasteiger partial charge in [-0.05, 0) is 12.8 Å². The summed E-state index contributed by atoms with van der Waals surface area (Å²) in [5.41, 5.74) is 0. The van der Waals surface area contributed by atoms with E-state index >= 15 is 0 Å². The molecule has 0 atom stereocenters. The predicted molar refractivity (Wildman–Crippen MR) is 80.8 cm³/mol. The van der Waals surface area contributed by atoms with Gasteiger partial charge in [-0.25, -0.2) is 9.71 Å². The Morgan fingerprint density at radius 1 is 1.33 bits per heavy atom. The summed E-state index contributed by atoms with van der Waals surface area (Å²) in [5, 5.41) is 0.111. The van der Waals surface area contributed by atoms with Crippen molar-refractivity contribution in [2.45, 2.75) is 38.1 Å². The van der Waals surface area contributed by atoms with Crippen molar-refractivity contribution in [3.8, 4) is 5.88 Å². The summed E-state index contributed by atoms with van der Waals surface area (Å²) in [5.74, 6) is 0.107. The summed E-state index contributed by atoms with van der Waals surface area (Å²) in [6.07, 6.45) is 5.00. The zero-order valence-corrected chi connectivity index (χ0v) is 13.6. The number of methoxy groups -OCH3 is 1. The number of anilines is 1. The van der Waals surface area contributed by atoms with E-state index in [0.717, 1.165) is 32.1 Å². The molecule has 1 aliphatic carbocycles. The molecule has 1 aliphatic rings. The van der Waals surface area contributed by atoms with E-state index in [1.165, 1.54) is 17.5 Å². The monoisotopic (exact) mass is 334 g/mol. The largest absolute Gasteiger partial charge is 0.481 e. The van der Waals surface area contributed by atoms with Crippen LogP contribution in [0, 0.1) is 0 Å². The molecule has 1 saturated carbocycles. The molecule has 118 valence electrons. The van der Waals surface area contributed by atoms with Crippen LogP contribution in [0.25, 0.3) is 0 Å². The van der Waals surface area contributed by atoms with Crippen LogP contribution in [0.4, 0.5) is 5.95 Å². The molecule has 2 rings (SSSR count). The Balaban J connectivity index is 2.14. The minimum atomic E-state index is -3.71. The molecule has 1 heterocycles. The van der Waals surface area contributed by atoms with Gasteiger partial charge in [0.1, 0.15) is 5.15 Å². The second-order valence-electron chi connectivity index (χ2n) is 4.97. The molecular weight excluding hydrogens is 316 g/mol. The van der Waals surface area contributed by atoms with Crippen molar-refractivity contribution in [3.63, 3.8) is 0 Å². The third-order valence-electron chi connectivity index (χ3n) is 3.57. The Bertz CT molecular complexity index is 590. The molecule has 0 unspecified atom stereocenters. The lowest BCUT2D eigenvalue weighted by molar-refractivity contribution is 0.287. The van der Waals surface area contributed by atoms with E-state index in [9.17, 15) is 8.42 Å². The molecule has 0 aromatic carbocycles. The standard InChI is InChI=1S/C12H19ClN4O3S/c1-17(9-6-4-3-5-7-9)21(18,19)16-12-14-10(13)8-11(15-12)20-2/h8-9H,3-7H2,1-2H3,(H,14,15,16). The fraction of sp³-hybridized carbons (Fsp3) is 0.667. The van der Waals surface area contributed by atoms with Crippen LogP contribution in [0.2, 0.25) is 5.15 Å². The topological polar surface area (TPSA) is 84.4 Å². The molecule has 1 fully saturated rings. The van der Waals surface area contributed by atoms with E-state index in [1.807, 2.05) is 0 Å². The van der Waals surface area contributed by atoms with Gasteiger partial charge in [0.05, 0.1) is 7.11 Å². The maximum absolute atomic E-state index is 12.4. The number of halogens is 1. The Hall–Kier alpha value is -1.12. The predicted octanol–water partition coefficient (Wildman–Crippen LogP) is 2.06. The van der Waals surface area contributed by atoms with Gasteiger partial charge in [0.25, 0.3) is 0 Å². The zero-order valence-electron chi connectivity index (χ0n) is 12.0. The summed E-state index contributed by atoms with van der Waals surface area (Å²) in [6, 6.07) is 1.42. The fourth-order valence-corrected chi connectivity index (χ4v) is 3.62. The van der Waals surface area contributed by atoms with Gasteiger partial charge in [-0.15, -0.1) is 0 Å². The van der Waals surface area contributed by atoms with E-state index in [-0.39, 0.29) is 23.0 Å². The fourth-order valence-electron chi connectivity index (χ4n) is 2.38. The summed E-state index contributed by atoms with van der Waals surface area (Å²) >= 11 is 5.81. The van der Waals surface area contributed by atoms with Crippen molar-refractivity contribution < 1.29 is 13.2 Å². The summed E-state index contributed by atoms with van der Waals surface area (Å²) in [4.78, 5) is 7.78. The van der Waals surface area contributed by atoms with Crippen LogP contribution >= 0.6 is 11.6 Å². The Morgan fingerprint density at radius 2 is 2.00 bits per heavy atom. The number of rotatable bonds is 5. The molecule has 9 heteroatoms. The van der Waals surface area contributed by atoms with Crippen LogP contribution in [0.3, 0.4) is 0 Å². The average molecular weight is 335 g/mol. The van der Waals surface area contributed by atoms with Crippen LogP contribution < -0.4 is 9.46 Å². The van der Waals surface area contributed by atoms with E-state index in [4.69, 9.17) is 16.3 Å². The molecule has 1 aromatic heterocycles. The van der Waals surface area contributed by atoms with E-state index in [2.05, 4.69) is 14.7 Å². The highest BCUT2D eigenvalue weighted by Gasteiger charge is 2.28. The van der Waals surface area contributed by atoms with E-state index in [1.54, 1.807) is 7.05 Å². The Labute approximate surface area is 129 Å². The first-order valence-electron chi connectivity index (χ1n) is 6.77. The highest BCUT2D eigenvalue weighted by atomic mass is 35.5. The van der Waals surface area contributed by atoms with Crippen molar-refractivity contribution in [3.05, 3.63) is 11.2 Å². The van der Waals surface area contributed by atoms with Crippen LogP contribution in [-0.2, 0) is 10.2 Å². The van der Waals surface area contributed by atoms with E-state index in [0.29, 0.717) is 0 Å². The minimum absolute atomic E-state index is 0.0114. The molecule has 7 nitrogen and oxygen atoms in total. The Morgan fingerprint density at radius 3 is 2.62 bits per heavy atom. The Kier molecular flexibility index (Phi) is 5.23. The number of nitrogens with zero attached hydrogens (tertiary/aromatic N) is 3. The molecule has 0 aliphatic heterocycles. The maximum atomic E-state index is 12.4. The van der Waals surface area contributed by atoms with Gasteiger partial charge in [-0.3, -0.25) is 0 Å². The number of nitrogens with one attached hydrogen (secondary N) is 1. The third kappa shape index (κ3) is 4.18. The number of aromatic nitrogens is 2. The van der Waals surface area contributed by atoms with Crippen molar-refractivity contribution in [1.82, 2.24) is 14.3 Å². The van der Waals surface area contributed by atoms with Gasteiger partial charge < -0.3 is 4.74 Å². The van der Waals surface area contributed by atoms with Gasteiger partial charge in [0, 0.05) is 19.2 Å². The lowest BCUT2D eigenvalue weighted by atomic mass is 9.96. The number of hydrogen-bond acceptors (Lipinski definition) is 5. The second kappa shape index (κ2) is 6.76. The zero-order chi connectivity index (χ0) is 15.5. The highest BCUT2D eigenvalue weighted by molar-refractivity contribution is 7.90. The molecule has 0 bridgehead atoms. The molecule has 0 amide bonds. The first-order chi connectivity index (χ1) is 9.92. The molecule has 0 saturated heterocycles. The quantitative estimate of drug-likeness (QED) is 0.833. The normalized spacial score (nSPS) is 17.0. The van der Waals surface area contributed by atoms with Gasteiger partial charge in [0.15, 0.2) is 0 Å². The SMILES string of the molecule is COc1cc(Cl)nc(NS(=O)(=O)N(C)C2CCCCC2)n1. The molecular formula is C12H19ClN4O3S.